The SMILES string of the molecule is CC(C)N(CC(N)=O)C(=O)c1ccc(-c2nc3ccccc3s2)o1. The number of furan rings is 1. The molecule has 124 valence electrons. The Morgan fingerprint density at radius 3 is 2.67 bits per heavy atom. The number of fused-ring (bicyclic) bond motifs is 1. The first-order chi connectivity index (χ1) is 11.5. The van der Waals surface area contributed by atoms with Crippen LogP contribution in [-0.4, -0.2) is 34.3 Å². The van der Waals surface area contributed by atoms with E-state index in [1.54, 1.807) is 12.1 Å². The number of carbonyl (C=O) groups is 2. The molecule has 0 aliphatic carbocycles. The lowest BCUT2D eigenvalue weighted by Gasteiger charge is -2.24. The predicted molar refractivity (Wildman–Crippen MR) is 92.7 cm³/mol. The van der Waals surface area contributed by atoms with Crippen molar-refractivity contribution in [3.8, 4) is 10.8 Å². The van der Waals surface area contributed by atoms with Gasteiger partial charge in [-0.1, -0.05) is 12.1 Å². The molecule has 1 aromatic carbocycles. The van der Waals surface area contributed by atoms with E-state index in [9.17, 15) is 9.59 Å². The fourth-order valence-electron chi connectivity index (χ4n) is 2.34. The number of aromatic nitrogens is 1. The van der Waals surface area contributed by atoms with Crippen molar-refractivity contribution in [2.45, 2.75) is 19.9 Å². The molecular weight excluding hydrogens is 326 g/mol. The third-order valence-electron chi connectivity index (χ3n) is 3.53. The summed E-state index contributed by atoms with van der Waals surface area (Å²) in [5.41, 5.74) is 6.10. The third kappa shape index (κ3) is 3.16. The summed E-state index contributed by atoms with van der Waals surface area (Å²) in [6, 6.07) is 10.9. The van der Waals surface area contributed by atoms with Gasteiger partial charge >= 0.3 is 0 Å². The first-order valence-electron chi connectivity index (χ1n) is 7.50. The van der Waals surface area contributed by atoms with Crippen LogP contribution in [0.25, 0.3) is 21.0 Å². The van der Waals surface area contributed by atoms with E-state index < -0.39 is 5.91 Å². The van der Waals surface area contributed by atoms with Crippen molar-refractivity contribution in [3.63, 3.8) is 0 Å². The van der Waals surface area contributed by atoms with Gasteiger partial charge in [-0.05, 0) is 38.1 Å². The highest BCUT2D eigenvalue weighted by Crippen LogP contribution is 2.31. The number of benzene rings is 1. The van der Waals surface area contributed by atoms with Gasteiger partial charge in [-0.25, -0.2) is 4.98 Å². The van der Waals surface area contributed by atoms with Crippen LogP contribution < -0.4 is 5.73 Å². The van der Waals surface area contributed by atoms with Gasteiger partial charge in [0.1, 0.15) is 0 Å². The topological polar surface area (TPSA) is 89.4 Å². The quantitative estimate of drug-likeness (QED) is 0.771. The number of hydrogen-bond acceptors (Lipinski definition) is 5. The number of nitrogens with two attached hydrogens (primary N) is 1. The van der Waals surface area contributed by atoms with Crippen molar-refractivity contribution in [1.29, 1.82) is 0 Å². The van der Waals surface area contributed by atoms with Crippen molar-refractivity contribution in [1.82, 2.24) is 9.88 Å². The average Bonchev–Trinajstić information content (AvgIpc) is 3.17. The van der Waals surface area contributed by atoms with Crippen molar-refractivity contribution in [3.05, 3.63) is 42.2 Å². The molecule has 0 atom stereocenters. The highest BCUT2D eigenvalue weighted by molar-refractivity contribution is 7.21. The zero-order valence-electron chi connectivity index (χ0n) is 13.4. The van der Waals surface area contributed by atoms with Crippen LogP contribution in [-0.2, 0) is 4.79 Å². The maximum atomic E-state index is 12.5. The summed E-state index contributed by atoms with van der Waals surface area (Å²) < 4.78 is 6.73. The van der Waals surface area contributed by atoms with Gasteiger partial charge < -0.3 is 15.1 Å². The van der Waals surface area contributed by atoms with Gasteiger partial charge in [0.2, 0.25) is 5.91 Å². The number of primary amides is 1. The summed E-state index contributed by atoms with van der Waals surface area (Å²) in [7, 11) is 0. The molecular formula is C17H17N3O3S. The molecule has 24 heavy (non-hydrogen) atoms. The number of thiazole rings is 1. The summed E-state index contributed by atoms with van der Waals surface area (Å²) in [6.45, 7) is 3.49. The minimum absolute atomic E-state index is 0.145. The smallest absolute Gasteiger partial charge is 0.290 e. The Labute approximate surface area is 142 Å². The molecule has 2 amide bonds. The van der Waals surface area contributed by atoms with E-state index >= 15 is 0 Å². The number of nitrogens with zero attached hydrogens (tertiary/aromatic N) is 2. The van der Waals surface area contributed by atoms with E-state index in [0.29, 0.717) is 10.8 Å². The average molecular weight is 343 g/mol. The maximum Gasteiger partial charge on any atom is 0.290 e. The summed E-state index contributed by atoms with van der Waals surface area (Å²) in [6.07, 6.45) is 0. The molecule has 6 nitrogen and oxygen atoms in total. The van der Waals surface area contributed by atoms with E-state index in [1.165, 1.54) is 16.2 Å². The van der Waals surface area contributed by atoms with Crippen LogP contribution in [0.2, 0.25) is 0 Å². The number of hydrogen-bond donors (Lipinski definition) is 1. The normalized spacial score (nSPS) is 11.1. The Morgan fingerprint density at radius 1 is 1.25 bits per heavy atom. The minimum Gasteiger partial charge on any atom is -0.448 e. The standard InChI is InChI=1S/C17H17N3O3S/c1-10(2)20(9-15(18)21)17(22)13-8-7-12(23-13)16-19-11-5-3-4-6-14(11)24-16/h3-8,10H,9H2,1-2H3,(H2,18,21). The zero-order chi connectivity index (χ0) is 17.3. The molecule has 0 saturated carbocycles. The zero-order valence-corrected chi connectivity index (χ0v) is 14.2. The lowest BCUT2D eigenvalue weighted by atomic mass is 10.2. The Kier molecular flexibility index (Phi) is 4.35. The van der Waals surface area contributed by atoms with Crippen LogP contribution in [0.4, 0.5) is 0 Å². The van der Waals surface area contributed by atoms with Crippen LogP contribution in [0.3, 0.4) is 0 Å². The lowest BCUT2D eigenvalue weighted by Crippen LogP contribution is -2.42. The fraction of sp³-hybridized carbons (Fsp3) is 0.235. The maximum absolute atomic E-state index is 12.5. The van der Waals surface area contributed by atoms with Gasteiger partial charge in [-0.15, -0.1) is 11.3 Å². The van der Waals surface area contributed by atoms with Gasteiger partial charge in [0.15, 0.2) is 16.5 Å². The Morgan fingerprint density at radius 2 is 2.00 bits per heavy atom. The molecule has 0 aliphatic heterocycles. The third-order valence-corrected chi connectivity index (χ3v) is 4.58. The van der Waals surface area contributed by atoms with Crippen LogP contribution >= 0.6 is 11.3 Å². The first kappa shape index (κ1) is 16.2. The molecule has 7 heteroatoms. The second kappa shape index (κ2) is 6.45. The molecule has 2 N–H and O–H groups in total. The number of para-hydroxylation sites is 1. The number of carbonyl (C=O) groups excluding carboxylic acids is 2. The lowest BCUT2D eigenvalue weighted by molar-refractivity contribution is -0.119. The molecule has 3 rings (SSSR count). The second-order valence-corrected chi connectivity index (χ2v) is 6.67. The van der Waals surface area contributed by atoms with E-state index in [4.69, 9.17) is 10.2 Å². The van der Waals surface area contributed by atoms with Gasteiger partial charge in [-0.2, -0.15) is 0 Å². The van der Waals surface area contributed by atoms with E-state index in [-0.39, 0.29) is 24.3 Å². The molecule has 2 heterocycles. The first-order valence-corrected chi connectivity index (χ1v) is 8.32. The Hall–Kier alpha value is -2.67. The van der Waals surface area contributed by atoms with Gasteiger partial charge in [0, 0.05) is 6.04 Å². The fourth-order valence-corrected chi connectivity index (χ4v) is 3.27. The predicted octanol–water partition coefficient (Wildman–Crippen LogP) is 2.89. The molecule has 0 spiro atoms. The van der Waals surface area contributed by atoms with Crippen LogP contribution in [0.1, 0.15) is 24.4 Å². The molecule has 2 aromatic heterocycles. The molecule has 0 fully saturated rings. The molecule has 0 radical (unpaired) electrons. The van der Waals surface area contributed by atoms with Crippen LogP contribution in [0, 0.1) is 0 Å². The highest BCUT2D eigenvalue weighted by atomic mass is 32.1. The van der Waals surface area contributed by atoms with E-state index in [1.807, 2.05) is 38.1 Å². The Balaban J connectivity index is 1.89. The molecule has 0 saturated heterocycles. The van der Waals surface area contributed by atoms with E-state index in [0.717, 1.165) is 10.2 Å². The van der Waals surface area contributed by atoms with Crippen molar-refractivity contribution >= 4 is 33.4 Å². The molecule has 0 bridgehead atoms. The highest BCUT2D eigenvalue weighted by Gasteiger charge is 2.24. The summed E-state index contributed by atoms with van der Waals surface area (Å²) >= 11 is 1.50. The van der Waals surface area contributed by atoms with Gasteiger partial charge in [0.25, 0.3) is 5.91 Å². The monoisotopic (exact) mass is 343 g/mol. The summed E-state index contributed by atoms with van der Waals surface area (Å²) in [5.74, 6) is -0.229. The van der Waals surface area contributed by atoms with E-state index in [2.05, 4.69) is 4.98 Å². The molecule has 3 aromatic rings. The van der Waals surface area contributed by atoms with Crippen LogP contribution in [0.5, 0.6) is 0 Å². The van der Waals surface area contributed by atoms with Gasteiger partial charge in [-0.3, -0.25) is 9.59 Å². The number of amides is 2. The number of rotatable bonds is 5. The largest absolute Gasteiger partial charge is 0.448 e. The van der Waals surface area contributed by atoms with Gasteiger partial charge in [0.05, 0.1) is 16.8 Å². The van der Waals surface area contributed by atoms with Crippen molar-refractivity contribution in [2.24, 2.45) is 5.73 Å². The minimum atomic E-state index is -0.560. The second-order valence-electron chi connectivity index (χ2n) is 5.64. The molecule has 0 unspecified atom stereocenters. The summed E-state index contributed by atoms with van der Waals surface area (Å²) in [4.78, 5) is 29.6. The Bertz CT molecular complexity index is 864. The summed E-state index contributed by atoms with van der Waals surface area (Å²) in [5, 5.41) is 0.709. The van der Waals surface area contributed by atoms with Crippen LogP contribution in [0.15, 0.2) is 40.8 Å². The van der Waals surface area contributed by atoms with Crippen molar-refractivity contribution < 1.29 is 14.0 Å². The molecule has 0 aliphatic rings. The van der Waals surface area contributed by atoms with Crippen molar-refractivity contribution in [2.75, 3.05) is 6.54 Å².